The molecule has 1 aliphatic heterocycles. The Kier molecular flexibility index (Phi) is 7.04. The summed E-state index contributed by atoms with van der Waals surface area (Å²) in [7, 11) is 0. The van der Waals surface area contributed by atoms with Crippen LogP contribution in [-0.4, -0.2) is 45.6 Å². The van der Waals surface area contributed by atoms with Crippen molar-refractivity contribution in [3.8, 4) is 11.4 Å². The molecule has 148 valence electrons. The average Bonchev–Trinajstić information content (AvgIpc) is 3.06. The highest BCUT2D eigenvalue weighted by Crippen LogP contribution is 2.34. The van der Waals surface area contributed by atoms with Crippen molar-refractivity contribution in [1.82, 2.24) is 9.55 Å². The molecule has 8 heteroatoms. The van der Waals surface area contributed by atoms with Gasteiger partial charge in [0.25, 0.3) is 5.97 Å². The molecule has 2 N–H and O–H groups in total. The number of ether oxygens (including phenoxy) is 1. The number of hydrogen-bond donors (Lipinski definition) is 2. The molecule has 0 radical (unpaired) electrons. The quantitative estimate of drug-likeness (QED) is 0.849. The van der Waals surface area contributed by atoms with Crippen LogP contribution in [0.1, 0.15) is 25.3 Å². The standard InChI is InChI=1S/C17H20F2N2O2.C2H4O2/c1-12-2-3-13(18)14(15(12)19)16-20-6-7-21(16)10-17(11-22)4-8-23-9-5-17;1-2(3)4/h2-3,6-7,22H,4-5,8-11H2,1H3;1H3,(H,3,4). The molecule has 0 amide bonds. The fraction of sp³-hybridized carbons (Fsp3) is 0.474. The Morgan fingerprint density at radius 1 is 1.33 bits per heavy atom. The lowest BCUT2D eigenvalue weighted by Gasteiger charge is -2.36. The van der Waals surface area contributed by atoms with E-state index in [1.54, 1.807) is 17.7 Å². The first-order valence-electron chi connectivity index (χ1n) is 8.64. The summed E-state index contributed by atoms with van der Waals surface area (Å²) in [5, 5.41) is 17.2. The molecule has 1 aromatic carbocycles. The first-order valence-corrected chi connectivity index (χ1v) is 8.64. The summed E-state index contributed by atoms with van der Waals surface area (Å²) in [4.78, 5) is 13.2. The fourth-order valence-corrected chi connectivity index (χ4v) is 3.06. The van der Waals surface area contributed by atoms with E-state index in [0.29, 0.717) is 38.2 Å². The zero-order chi connectivity index (χ0) is 20.0. The molecule has 0 unspecified atom stereocenters. The maximum atomic E-state index is 14.4. The Morgan fingerprint density at radius 2 is 1.96 bits per heavy atom. The molecule has 1 aromatic heterocycles. The summed E-state index contributed by atoms with van der Waals surface area (Å²) < 4.78 is 35.6. The number of aromatic nitrogens is 2. The van der Waals surface area contributed by atoms with Crippen LogP contribution in [0, 0.1) is 24.0 Å². The van der Waals surface area contributed by atoms with Crippen molar-refractivity contribution >= 4 is 5.97 Å². The predicted molar refractivity (Wildman–Crippen MR) is 95.2 cm³/mol. The Bertz CT molecular complexity index is 782. The number of aliphatic hydroxyl groups excluding tert-OH is 1. The fourth-order valence-electron chi connectivity index (χ4n) is 3.06. The molecule has 3 rings (SSSR count). The van der Waals surface area contributed by atoms with Gasteiger partial charge in [0.15, 0.2) is 0 Å². The van der Waals surface area contributed by atoms with Crippen LogP contribution in [0.3, 0.4) is 0 Å². The van der Waals surface area contributed by atoms with Gasteiger partial charge in [-0.25, -0.2) is 13.8 Å². The molecule has 2 aromatic rings. The molecule has 1 fully saturated rings. The van der Waals surface area contributed by atoms with Crippen molar-refractivity contribution in [2.24, 2.45) is 5.41 Å². The largest absolute Gasteiger partial charge is 0.481 e. The van der Waals surface area contributed by atoms with E-state index in [2.05, 4.69) is 4.98 Å². The molecule has 27 heavy (non-hydrogen) atoms. The zero-order valence-corrected chi connectivity index (χ0v) is 15.4. The second-order valence-electron chi connectivity index (χ2n) is 6.72. The number of aryl methyl sites for hydroxylation is 1. The molecule has 0 bridgehead atoms. The van der Waals surface area contributed by atoms with E-state index in [4.69, 9.17) is 14.6 Å². The summed E-state index contributed by atoms with van der Waals surface area (Å²) in [5.74, 6) is -1.81. The van der Waals surface area contributed by atoms with E-state index < -0.39 is 17.6 Å². The van der Waals surface area contributed by atoms with Gasteiger partial charge in [0.1, 0.15) is 17.5 Å². The van der Waals surface area contributed by atoms with Gasteiger partial charge in [0, 0.05) is 44.5 Å². The zero-order valence-electron chi connectivity index (χ0n) is 15.4. The molecule has 0 saturated carbocycles. The molecule has 0 spiro atoms. The summed E-state index contributed by atoms with van der Waals surface area (Å²) in [6, 6.07) is 2.66. The number of carbonyl (C=O) groups is 1. The lowest BCUT2D eigenvalue weighted by molar-refractivity contribution is -0.134. The van der Waals surface area contributed by atoms with Crippen LogP contribution < -0.4 is 0 Å². The van der Waals surface area contributed by atoms with Crippen molar-refractivity contribution in [2.45, 2.75) is 33.2 Å². The van der Waals surface area contributed by atoms with Gasteiger partial charge in [-0.15, -0.1) is 0 Å². The number of halogens is 2. The first kappa shape index (κ1) is 21.0. The van der Waals surface area contributed by atoms with Gasteiger partial charge in [0.2, 0.25) is 0 Å². The predicted octanol–water partition coefficient (Wildman–Crippen LogP) is 3.02. The minimum Gasteiger partial charge on any atom is -0.481 e. The normalized spacial score (nSPS) is 15.7. The summed E-state index contributed by atoms with van der Waals surface area (Å²) in [6.07, 6.45) is 4.64. The van der Waals surface area contributed by atoms with Crippen molar-refractivity contribution in [3.63, 3.8) is 0 Å². The molecule has 1 saturated heterocycles. The van der Waals surface area contributed by atoms with Crippen molar-refractivity contribution in [3.05, 3.63) is 41.7 Å². The van der Waals surface area contributed by atoms with Crippen molar-refractivity contribution in [2.75, 3.05) is 19.8 Å². The van der Waals surface area contributed by atoms with Gasteiger partial charge in [-0.05, 0) is 31.4 Å². The number of aliphatic hydroxyl groups is 1. The number of imidazole rings is 1. The minimum atomic E-state index is -0.833. The Morgan fingerprint density at radius 3 is 2.56 bits per heavy atom. The van der Waals surface area contributed by atoms with E-state index in [9.17, 15) is 13.9 Å². The lowest BCUT2D eigenvalue weighted by atomic mass is 9.81. The van der Waals surface area contributed by atoms with Crippen molar-refractivity contribution < 1.29 is 28.5 Å². The van der Waals surface area contributed by atoms with Gasteiger partial charge < -0.3 is 19.5 Å². The number of aliphatic carboxylic acids is 1. The Labute approximate surface area is 156 Å². The van der Waals surface area contributed by atoms with Crippen LogP contribution in [0.25, 0.3) is 11.4 Å². The van der Waals surface area contributed by atoms with E-state index in [1.807, 2.05) is 0 Å². The van der Waals surface area contributed by atoms with Crippen molar-refractivity contribution in [1.29, 1.82) is 0 Å². The minimum absolute atomic E-state index is 0.00671. The first-order chi connectivity index (χ1) is 12.8. The Balaban J connectivity index is 0.000000596. The maximum Gasteiger partial charge on any atom is 0.300 e. The topological polar surface area (TPSA) is 84.6 Å². The van der Waals surface area contributed by atoms with Crippen LogP contribution in [0.5, 0.6) is 0 Å². The van der Waals surface area contributed by atoms with E-state index >= 15 is 0 Å². The van der Waals surface area contributed by atoms with E-state index in [0.717, 1.165) is 6.92 Å². The SMILES string of the molecule is CC(=O)O.Cc1ccc(F)c(-c2nccn2CC2(CO)CCOCC2)c1F. The molecule has 0 aliphatic carbocycles. The van der Waals surface area contributed by atoms with Crippen LogP contribution in [0.2, 0.25) is 0 Å². The third-order valence-corrected chi connectivity index (χ3v) is 4.62. The molecular weight excluding hydrogens is 358 g/mol. The highest BCUT2D eigenvalue weighted by Gasteiger charge is 2.33. The van der Waals surface area contributed by atoms with Crippen LogP contribution in [0.4, 0.5) is 8.78 Å². The van der Waals surface area contributed by atoms with Crippen LogP contribution in [-0.2, 0) is 16.1 Å². The summed E-state index contributed by atoms with van der Waals surface area (Å²) in [5.41, 5.74) is -0.0844. The molecule has 1 aliphatic rings. The average molecular weight is 382 g/mol. The second kappa shape index (κ2) is 9.05. The number of nitrogens with zero attached hydrogens (tertiary/aromatic N) is 2. The van der Waals surface area contributed by atoms with Gasteiger partial charge in [-0.1, -0.05) is 6.07 Å². The van der Waals surface area contributed by atoms with E-state index in [-0.39, 0.29) is 23.4 Å². The number of hydrogen-bond acceptors (Lipinski definition) is 4. The van der Waals surface area contributed by atoms with E-state index in [1.165, 1.54) is 18.3 Å². The molecule has 6 nitrogen and oxygen atoms in total. The second-order valence-corrected chi connectivity index (χ2v) is 6.72. The third kappa shape index (κ3) is 5.11. The molecule has 2 heterocycles. The number of carboxylic acid groups (broad SMARTS) is 1. The van der Waals surface area contributed by atoms with Gasteiger partial charge >= 0.3 is 0 Å². The van der Waals surface area contributed by atoms with Crippen LogP contribution >= 0.6 is 0 Å². The Hall–Kier alpha value is -2.32. The molecular formula is C19H24F2N2O4. The van der Waals surface area contributed by atoms with Gasteiger partial charge in [0.05, 0.1) is 12.2 Å². The monoisotopic (exact) mass is 382 g/mol. The summed E-state index contributed by atoms with van der Waals surface area (Å²) >= 11 is 0. The summed E-state index contributed by atoms with van der Waals surface area (Å²) in [6.45, 7) is 4.30. The highest BCUT2D eigenvalue weighted by atomic mass is 19.1. The lowest BCUT2D eigenvalue weighted by Crippen LogP contribution is -2.37. The number of benzene rings is 1. The van der Waals surface area contributed by atoms with Gasteiger partial charge in [-0.3, -0.25) is 4.79 Å². The highest BCUT2D eigenvalue weighted by molar-refractivity contribution is 5.63. The number of rotatable bonds is 4. The maximum absolute atomic E-state index is 14.4. The smallest absolute Gasteiger partial charge is 0.300 e. The molecule has 0 atom stereocenters. The van der Waals surface area contributed by atoms with Gasteiger partial charge in [-0.2, -0.15) is 0 Å². The number of carboxylic acids is 1. The van der Waals surface area contributed by atoms with Crippen LogP contribution in [0.15, 0.2) is 24.5 Å². The third-order valence-electron chi connectivity index (χ3n) is 4.62.